The van der Waals surface area contributed by atoms with Crippen molar-refractivity contribution in [3.05, 3.63) is 47.8 Å². The number of anilines is 3. The van der Waals surface area contributed by atoms with E-state index >= 15 is 0 Å². The van der Waals surface area contributed by atoms with E-state index in [1.54, 1.807) is 18.1 Å². The Balaban J connectivity index is 2.27. The normalized spacial score (nSPS) is 13.8. The van der Waals surface area contributed by atoms with Crippen LogP contribution in [0.3, 0.4) is 0 Å². The fraction of sp³-hybridized carbons (Fsp3) is 0.250. The van der Waals surface area contributed by atoms with Gasteiger partial charge in [0.2, 0.25) is 0 Å². The first kappa shape index (κ1) is 12.7. The highest BCUT2D eigenvalue weighted by Gasteiger charge is 2.27. The Morgan fingerprint density at radius 2 is 1.80 bits per heavy atom. The summed E-state index contributed by atoms with van der Waals surface area (Å²) in [5, 5.41) is 0. The van der Waals surface area contributed by atoms with Gasteiger partial charge in [-0.05, 0) is 24.6 Å². The summed E-state index contributed by atoms with van der Waals surface area (Å²) in [5.41, 5.74) is 4.52. The molecular formula is C16H17N3O. The summed E-state index contributed by atoms with van der Waals surface area (Å²) in [6.07, 6.45) is 2.66. The van der Waals surface area contributed by atoms with Gasteiger partial charge in [0.15, 0.2) is 0 Å². The summed E-state index contributed by atoms with van der Waals surface area (Å²) < 4.78 is 0. The smallest absolute Gasteiger partial charge is 0.260 e. The van der Waals surface area contributed by atoms with Crippen molar-refractivity contribution in [2.45, 2.75) is 13.3 Å². The molecule has 0 radical (unpaired) electrons. The van der Waals surface area contributed by atoms with Crippen molar-refractivity contribution in [2.24, 2.45) is 0 Å². The molecule has 0 N–H and O–H groups in total. The number of aryl methyl sites for hydroxylation is 1. The molecular weight excluding hydrogens is 250 g/mol. The third-order valence-corrected chi connectivity index (χ3v) is 3.80. The number of carbonyl (C=O) groups excluding carboxylic acids is 1. The molecule has 0 bridgehead atoms. The van der Waals surface area contributed by atoms with Gasteiger partial charge in [0.05, 0.1) is 28.8 Å². The second-order valence-corrected chi connectivity index (χ2v) is 4.96. The zero-order valence-corrected chi connectivity index (χ0v) is 11.9. The Hall–Kier alpha value is -2.36. The maximum absolute atomic E-state index is 12.6. The zero-order chi connectivity index (χ0) is 14.3. The van der Waals surface area contributed by atoms with E-state index in [1.165, 1.54) is 0 Å². The monoisotopic (exact) mass is 267 g/mol. The van der Waals surface area contributed by atoms with Crippen LogP contribution in [-0.4, -0.2) is 25.0 Å². The first-order valence-electron chi connectivity index (χ1n) is 6.73. The molecule has 1 aromatic heterocycles. The molecule has 1 aromatic carbocycles. The topological polar surface area (TPSA) is 36.4 Å². The molecule has 2 heterocycles. The second kappa shape index (κ2) is 4.63. The van der Waals surface area contributed by atoms with Gasteiger partial charge in [0.25, 0.3) is 5.91 Å². The van der Waals surface area contributed by atoms with Crippen molar-refractivity contribution in [1.29, 1.82) is 0 Å². The number of hydrogen-bond donors (Lipinski definition) is 0. The maximum atomic E-state index is 12.6. The second-order valence-electron chi connectivity index (χ2n) is 4.96. The average Bonchev–Trinajstić information content (AvgIpc) is 2.58. The third-order valence-electron chi connectivity index (χ3n) is 3.80. The first-order valence-corrected chi connectivity index (χ1v) is 6.73. The van der Waals surface area contributed by atoms with E-state index in [4.69, 9.17) is 0 Å². The molecule has 1 aliphatic heterocycles. The number of carbonyl (C=O) groups is 1. The van der Waals surface area contributed by atoms with Gasteiger partial charge in [0, 0.05) is 19.8 Å². The number of amides is 1. The molecule has 1 aliphatic rings. The Morgan fingerprint density at radius 1 is 1.05 bits per heavy atom. The van der Waals surface area contributed by atoms with Crippen LogP contribution in [0.1, 0.15) is 23.0 Å². The highest BCUT2D eigenvalue weighted by molar-refractivity contribution is 6.13. The lowest BCUT2D eigenvalue weighted by Crippen LogP contribution is -2.25. The maximum Gasteiger partial charge on any atom is 0.260 e. The Morgan fingerprint density at radius 3 is 2.55 bits per heavy atom. The van der Waals surface area contributed by atoms with Crippen LogP contribution in [0.25, 0.3) is 0 Å². The molecule has 0 aliphatic carbocycles. The Kier molecular flexibility index (Phi) is 2.93. The lowest BCUT2D eigenvalue weighted by Gasteiger charge is -2.22. The number of fused-ring (bicyclic) bond motifs is 2. The van der Waals surface area contributed by atoms with Crippen LogP contribution >= 0.6 is 0 Å². The van der Waals surface area contributed by atoms with Gasteiger partial charge in [-0.15, -0.1) is 0 Å². The summed E-state index contributed by atoms with van der Waals surface area (Å²) in [5.74, 6) is -0.00255. The summed E-state index contributed by atoms with van der Waals surface area (Å²) >= 11 is 0. The van der Waals surface area contributed by atoms with Crippen LogP contribution in [0, 0.1) is 0 Å². The summed E-state index contributed by atoms with van der Waals surface area (Å²) in [6.45, 7) is 2.08. The minimum absolute atomic E-state index is 0.00255. The number of benzene rings is 1. The van der Waals surface area contributed by atoms with Crippen molar-refractivity contribution in [3.63, 3.8) is 0 Å². The minimum Gasteiger partial charge on any atom is -0.342 e. The number of pyridine rings is 1. The molecule has 4 heteroatoms. The molecule has 0 unspecified atom stereocenters. The molecule has 0 saturated carbocycles. The van der Waals surface area contributed by atoms with E-state index in [1.807, 2.05) is 31.3 Å². The lowest BCUT2D eigenvalue weighted by atomic mass is 10.1. The predicted molar refractivity (Wildman–Crippen MR) is 80.9 cm³/mol. The highest BCUT2D eigenvalue weighted by atomic mass is 16.2. The molecule has 2 aromatic rings. The number of aromatic nitrogens is 1. The van der Waals surface area contributed by atoms with Crippen molar-refractivity contribution >= 4 is 23.0 Å². The average molecular weight is 267 g/mol. The first-order chi connectivity index (χ1) is 9.63. The van der Waals surface area contributed by atoms with Gasteiger partial charge in [-0.1, -0.05) is 19.1 Å². The van der Waals surface area contributed by atoms with Crippen molar-refractivity contribution in [3.8, 4) is 0 Å². The highest BCUT2D eigenvalue weighted by Crippen LogP contribution is 2.38. The van der Waals surface area contributed by atoms with Gasteiger partial charge in [-0.2, -0.15) is 0 Å². The van der Waals surface area contributed by atoms with E-state index in [-0.39, 0.29) is 5.91 Å². The fourth-order valence-corrected chi connectivity index (χ4v) is 2.57. The molecule has 0 fully saturated rings. The van der Waals surface area contributed by atoms with Crippen LogP contribution in [0.15, 0.2) is 36.5 Å². The Bertz CT molecular complexity index is 681. The summed E-state index contributed by atoms with van der Waals surface area (Å²) in [6, 6.07) is 9.74. The molecule has 4 nitrogen and oxygen atoms in total. The molecule has 102 valence electrons. The van der Waals surface area contributed by atoms with Crippen molar-refractivity contribution in [1.82, 2.24) is 4.98 Å². The van der Waals surface area contributed by atoms with Crippen molar-refractivity contribution in [2.75, 3.05) is 23.9 Å². The molecule has 1 amide bonds. The van der Waals surface area contributed by atoms with Crippen LogP contribution in [0.5, 0.6) is 0 Å². The van der Waals surface area contributed by atoms with Crippen LogP contribution in [0.2, 0.25) is 0 Å². The molecule has 0 atom stereocenters. The van der Waals surface area contributed by atoms with Gasteiger partial charge in [0.1, 0.15) is 0 Å². The fourth-order valence-electron chi connectivity index (χ4n) is 2.57. The SMILES string of the molecule is CCc1cc2c(cn1)N(C)C(=O)c1ccccc1N2C. The van der Waals surface area contributed by atoms with E-state index in [0.29, 0.717) is 5.56 Å². The van der Waals surface area contributed by atoms with Gasteiger partial charge >= 0.3 is 0 Å². The lowest BCUT2D eigenvalue weighted by molar-refractivity contribution is 0.0994. The number of para-hydroxylation sites is 1. The van der Waals surface area contributed by atoms with E-state index in [9.17, 15) is 4.79 Å². The molecule has 3 rings (SSSR count). The molecule has 20 heavy (non-hydrogen) atoms. The van der Waals surface area contributed by atoms with Crippen molar-refractivity contribution < 1.29 is 4.79 Å². The summed E-state index contributed by atoms with van der Waals surface area (Å²) in [7, 11) is 3.79. The van der Waals surface area contributed by atoms with Crippen LogP contribution < -0.4 is 9.80 Å². The Labute approximate surface area is 118 Å². The van der Waals surface area contributed by atoms with E-state index in [0.717, 1.165) is 29.2 Å². The molecule has 0 saturated heterocycles. The predicted octanol–water partition coefficient (Wildman–Crippen LogP) is 3.00. The molecule has 0 spiro atoms. The van der Waals surface area contributed by atoms with Crippen LogP contribution in [-0.2, 0) is 6.42 Å². The van der Waals surface area contributed by atoms with Crippen LogP contribution in [0.4, 0.5) is 17.1 Å². The zero-order valence-electron chi connectivity index (χ0n) is 11.9. The number of nitrogens with zero attached hydrogens (tertiary/aromatic N) is 3. The van der Waals surface area contributed by atoms with E-state index in [2.05, 4.69) is 22.9 Å². The quantitative estimate of drug-likeness (QED) is 0.797. The van der Waals surface area contributed by atoms with Gasteiger partial charge in [-0.3, -0.25) is 9.78 Å². The number of hydrogen-bond acceptors (Lipinski definition) is 3. The minimum atomic E-state index is -0.00255. The van der Waals surface area contributed by atoms with Gasteiger partial charge < -0.3 is 9.80 Å². The largest absolute Gasteiger partial charge is 0.342 e. The summed E-state index contributed by atoms with van der Waals surface area (Å²) in [4.78, 5) is 20.7. The van der Waals surface area contributed by atoms with Gasteiger partial charge in [-0.25, -0.2) is 0 Å². The third kappa shape index (κ3) is 1.76. The van der Waals surface area contributed by atoms with E-state index < -0.39 is 0 Å². The standard InChI is InChI=1S/C16H17N3O/c1-4-11-9-14-15(10-17-11)19(3)16(20)12-7-5-6-8-13(12)18(14)2/h5-10H,4H2,1-3H3. The number of rotatable bonds is 1.